The third-order valence-corrected chi connectivity index (χ3v) is 6.38. The van der Waals surface area contributed by atoms with E-state index in [1.54, 1.807) is 40.3 Å². The SMILES string of the molecule is COc1ccc(-c2nc(C(=O)N3CCN(C(=O)c4ccccn4)CC3)c(CN)o2)c2ccc(C(F)(F)F)nc12. The van der Waals surface area contributed by atoms with Gasteiger partial charge in [-0.15, -0.1) is 0 Å². The zero-order chi connectivity index (χ0) is 27.7. The molecule has 4 heterocycles. The van der Waals surface area contributed by atoms with Crippen LogP contribution >= 0.6 is 0 Å². The van der Waals surface area contributed by atoms with Crippen molar-refractivity contribution in [1.82, 2.24) is 24.8 Å². The second kappa shape index (κ2) is 10.3. The van der Waals surface area contributed by atoms with Crippen LogP contribution in [-0.2, 0) is 12.7 Å². The van der Waals surface area contributed by atoms with Gasteiger partial charge in [-0.25, -0.2) is 9.97 Å². The van der Waals surface area contributed by atoms with Crippen LogP contribution in [0.5, 0.6) is 5.75 Å². The van der Waals surface area contributed by atoms with Gasteiger partial charge in [0.1, 0.15) is 22.7 Å². The number of hydrogen-bond acceptors (Lipinski definition) is 8. The van der Waals surface area contributed by atoms with E-state index in [4.69, 9.17) is 14.9 Å². The number of nitrogens with two attached hydrogens (primary N) is 1. The lowest BCUT2D eigenvalue weighted by molar-refractivity contribution is -0.140. The molecule has 1 fully saturated rings. The lowest BCUT2D eigenvalue weighted by Crippen LogP contribution is -2.51. The van der Waals surface area contributed by atoms with E-state index in [1.165, 1.54) is 19.2 Å². The van der Waals surface area contributed by atoms with Crippen LogP contribution in [0.2, 0.25) is 0 Å². The number of carbonyl (C=O) groups is 2. The van der Waals surface area contributed by atoms with E-state index >= 15 is 0 Å². The highest BCUT2D eigenvalue weighted by molar-refractivity contribution is 5.98. The molecular formula is C26H23F3N6O4. The van der Waals surface area contributed by atoms with Crippen LogP contribution in [-0.4, -0.2) is 69.9 Å². The summed E-state index contributed by atoms with van der Waals surface area (Å²) in [6, 6.07) is 10.2. The molecule has 0 spiro atoms. The van der Waals surface area contributed by atoms with Crippen molar-refractivity contribution in [2.45, 2.75) is 12.7 Å². The van der Waals surface area contributed by atoms with E-state index in [1.807, 2.05) is 0 Å². The van der Waals surface area contributed by atoms with Crippen LogP contribution in [0, 0.1) is 0 Å². The highest BCUT2D eigenvalue weighted by Gasteiger charge is 2.34. The van der Waals surface area contributed by atoms with E-state index in [0.29, 0.717) is 29.7 Å². The molecule has 39 heavy (non-hydrogen) atoms. The highest BCUT2D eigenvalue weighted by Crippen LogP contribution is 2.37. The van der Waals surface area contributed by atoms with Crippen molar-refractivity contribution in [3.63, 3.8) is 0 Å². The highest BCUT2D eigenvalue weighted by atomic mass is 19.4. The number of benzene rings is 1. The van der Waals surface area contributed by atoms with Gasteiger partial charge in [0.25, 0.3) is 11.8 Å². The smallest absolute Gasteiger partial charge is 0.433 e. The largest absolute Gasteiger partial charge is 0.494 e. The van der Waals surface area contributed by atoms with Crippen LogP contribution in [0.4, 0.5) is 13.2 Å². The predicted octanol–water partition coefficient (Wildman–Crippen LogP) is 3.37. The summed E-state index contributed by atoms with van der Waals surface area (Å²) in [6.07, 6.45) is -3.10. The molecule has 0 aliphatic carbocycles. The fourth-order valence-electron chi connectivity index (χ4n) is 4.39. The first-order chi connectivity index (χ1) is 18.7. The number of carbonyl (C=O) groups excluding carboxylic acids is 2. The zero-order valence-corrected chi connectivity index (χ0v) is 20.7. The molecule has 4 aromatic rings. The third kappa shape index (κ3) is 5.00. The molecule has 13 heteroatoms. The number of ether oxygens (including phenoxy) is 1. The van der Waals surface area contributed by atoms with Crippen molar-refractivity contribution in [3.8, 4) is 17.2 Å². The van der Waals surface area contributed by atoms with Gasteiger partial charge in [-0.3, -0.25) is 14.6 Å². The van der Waals surface area contributed by atoms with Gasteiger partial charge in [-0.05, 0) is 36.4 Å². The summed E-state index contributed by atoms with van der Waals surface area (Å²) in [5.74, 6) is -0.365. The number of amides is 2. The Morgan fingerprint density at radius 3 is 2.33 bits per heavy atom. The zero-order valence-electron chi connectivity index (χ0n) is 20.7. The number of rotatable bonds is 5. The molecule has 0 bridgehead atoms. The number of oxazole rings is 1. The molecule has 1 saturated heterocycles. The quantitative estimate of drug-likeness (QED) is 0.408. The maximum absolute atomic E-state index is 13.4. The predicted molar refractivity (Wildman–Crippen MR) is 133 cm³/mol. The van der Waals surface area contributed by atoms with Gasteiger partial charge in [0.05, 0.1) is 13.7 Å². The third-order valence-electron chi connectivity index (χ3n) is 6.38. The van der Waals surface area contributed by atoms with E-state index in [0.717, 1.165) is 6.07 Å². The van der Waals surface area contributed by atoms with Crippen LogP contribution < -0.4 is 10.5 Å². The fourth-order valence-corrected chi connectivity index (χ4v) is 4.39. The molecule has 2 N–H and O–H groups in total. The van der Waals surface area contributed by atoms with Gasteiger partial charge in [0.15, 0.2) is 11.5 Å². The number of piperazine rings is 1. The normalized spacial score (nSPS) is 14.1. The van der Waals surface area contributed by atoms with Gasteiger partial charge in [0, 0.05) is 43.3 Å². The minimum Gasteiger partial charge on any atom is -0.494 e. The van der Waals surface area contributed by atoms with E-state index < -0.39 is 17.8 Å². The molecule has 3 aromatic heterocycles. The molecule has 0 unspecified atom stereocenters. The van der Waals surface area contributed by atoms with Crippen LogP contribution in [0.1, 0.15) is 32.4 Å². The summed E-state index contributed by atoms with van der Waals surface area (Å²) >= 11 is 0. The lowest BCUT2D eigenvalue weighted by atomic mass is 10.1. The van der Waals surface area contributed by atoms with Crippen molar-refractivity contribution < 1.29 is 31.9 Å². The minimum atomic E-state index is -4.64. The Hall–Kier alpha value is -4.52. The van der Waals surface area contributed by atoms with Crippen molar-refractivity contribution >= 4 is 22.7 Å². The van der Waals surface area contributed by atoms with Crippen LogP contribution in [0.3, 0.4) is 0 Å². The Kier molecular flexibility index (Phi) is 6.91. The first-order valence-electron chi connectivity index (χ1n) is 12.0. The topological polar surface area (TPSA) is 128 Å². The first kappa shape index (κ1) is 26.1. The Labute approximate surface area is 220 Å². The maximum Gasteiger partial charge on any atom is 0.433 e. The standard InChI is InChI=1S/C26H23F3N6O4/c1-38-18-7-5-16(15-6-8-20(26(27,28)29)32-21(15)18)23-33-22(19(14-30)39-23)25(37)35-12-10-34(11-13-35)24(36)17-4-2-3-9-31-17/h2-9H,10-14,30H2,1H3. The Bertz CT molecular complexity index is 1530. The van der Waals surface area contributed by atoms with E-state index in [9.17, 15) is 22.8 Å². The molecule has 1 aliphatic heterocycles. The van der Waals surface area contributed by atoms with Gasteiger partial charge < -0.3 is 24.7 Å². The molecule has 1 aliphatic rings. The Balaban J connectivity index is 1.41. The minimum absolute atomic E-state index is 0.000779. The Morgan fingerprint density at radius 1 is 1.00 bits per heavy atom. The average molecular weight is 541 g/mol. The van der Waals surface area contributed by atoms with Gasteiger partial charge in [-0.2, -0.15) is 13.2 Å². The van der Waals surface area contributed by atoms with Gasteiger partial charge in [0.2, 0.25) is 5.89 Å². The second-order valence-corrected chi connectivity index (χ2v) is 8.70. The summed E-state index contributed by atoms with van der Waals surface area (Å²) in [7, 11) is 1.33. The first-order valence-corrected chi connectivity index (χ1v) is 12.0. The molecule has 0 saturated carbocycles. The van der Waals surface area contributed by atoms with Crippen molar-refractivity contribution in [2.75, 3.05) is 33.3 Å². The van der Waals surface area contributed by atoms with Gasteiger partial charge >= 0.3 is 6.18 Å². The summed E-state index contributed by atoms with van der Waals surface area (Å²) in [5.41, 5.74) is 5.39. The molecule has 5 rings (SSSR count). The summed E-state index contributed by atoms with van der Waals surface area (Å²) in [5, 5.41) is 0.299. The Morgan fingerprint density at radius 2 is 1.72 bits per heavy atom. The summed E-state index contributed by atoms with van der Waals surface area (Å²) in [4.78, 5) is 41.4. The molecule has 0 atom stereocenters. The molecule has 1 aromatic carbocycles. The monoisotopic (exact) mass is 540 g/mol. The van der Waals surface area contributed by atoms with Crippen molar-refractivity contribution in [1.29, 1.82) is 0 Å². The van der Waals surface area contributed by atoms with Gasteiger partial charge in [-0.1, -0.05) is 6.07 Å². The number of hydrogen-bond donors (Lipinski definition) is 1. The van der Waals surface area contributed by atoms with E-state index in [2.05, 4.69) is 15.0 Å². The molecule has 202 valence electrons. The van der Waals surface area contributed by atoms with E-state index in [-0.39, 0.29) is 54.2 Å². The molecule has 0 radical (unpaired) electrons. The number of nitrogens with zero attached hydrogens (tertiary/aromatic N) is 5. The molecule has 10 nitrogen and oxygen atoms in total. The molecule has 2 amide bonds. The lowest BCUT2D eigenvalue weighted by Gasteiger charge is -2.34. The number of fused-ring (bicyclic) bond motifs is 1. The molecular weight excluding hydrogens is 517 g/mol. The summed E-state index contributed by atoms with van der Waals surface area (Å²) < 4.78 is 50.9. The summed E-state index contributed by atoms with van der Waals surface area (Å²) in [6.45, 7) is 1.01. The number of halogens is 3. The number of aromatic nitrogens is 3. The van der Waals surface area contributed by atoms with Crippen LogP contribution in [0.25, 0.3) is 22.4 Å². The van der Waals surface area contributed by atoms with Crippen LogP contribution in [0.15, 0.2) is 53.1 Å². The number of methoxy groups -OCH3 is 1. The number of pyridine rings is 2. The maximum atomic E-state index is 13.4. The number of alkyl halides is 3. The van der Waals surface area contributed by atoms with Crippen molar-refractivity contribution in [3.05, 3.63) is 71.5 Å². The average Bonchev–Trinajstić information content (AvgIpc) is 3.40. The fraction of sp³-hybridized carbons (Fsp3) is 0.269. The second-order valence-electron chi connectivity index (χ2n) is 8.70. The van der Waals surface area contributed by atoms with Crippen molar-refractivity contribution in [2.24, 2.45) is 5.73 Å².